The number of anilines is 4. The molecule has 4 aromatic carbocycles. The molecule has 2 heterocycles. The lowest BCUT2D eigenvalue weighted by Gasteiger charge is -2.48. The highest BCUT2D eigenvalue weighted by Gasteiger charge is 2.68. The van der Waals surface area contributed by atoms with Gasteiger partial charge < -0.3 is 14.5 Å². The van der Waals surface area contributed by atoms with Gasteiger partial charge in [-0.2, -0.15) is 0 Å². The maximum Gasteiger partial charge on any atom is 0.0598 e. The van der Waals surface area contributed by atoms with Gasteiger partial charge in [-0.3, -0.25) is 0 Å². The smallest absolute Gasteiger partial charge is 0.0598 e. The first-order valence-corrected chi connectivity index (χ1v) is 25.3. The Balaban J connectivity index is 1.12. The highest BCUT2D eigenvalue weighted by Crippen LogP contribution is 2.73. The Bertz CT molecular complexity index is 2240. The van der Waals surface area contributed by atoms with Gasteiger partial charge in [-0.15, -0.1) is 0 Å². The number of aryl methyl sites for hydroxylation is 1. The third-order valence-electron chi connectivity index (χ3n) is 15.3. The molecule has 0 radical (unpaired) electrons. The predicted molar refractivity (Wildman–Crippen MR) is 246 cm³/mol. The van der Waals surface area contributed by atoms with Crippen LogP contribution in [0.3, 0.4) is 0 Å². The van der Waals surface area contributed by atoms with Gasteiger partial charge in [0.1, 0.15) is 0 Å². The summed E-state index contributed by atoms with van der Waals surface area (Å²) >= 11 is 0. The van der Waals surface area contributed by atoms with Crippen molar-refractivity contribution < 1.29 is 4.74 Å². The van der Waals surface area contributed by atoms with Crippen molar-refractivity contribution in [3.8, 4) is 0 Å². The van der Waals surface area contributed by atoms with Gasteiger partial charge in [0, 0.05) is 65.1 Å². The zero-order chi connectivity index (χ0) is 39.6. The summed E-state index contributed by atoms with van der Waals surface area (Å²) < 4.78 is 6.19. The van der Waals surface area contributed by atoms with E-state index in [1.54, 1.807) is 11.1 Å². The van der Waals surface area contributed by atoms with Gasteiger partial charge in [0.15, 0.2) is 0 Å². The highest BCUT2D eigenvalue weighted by atomic mass is 28.3. The fraction of sp³-hybridized carbons (Fsp3) is 0.407. The van der Waals surface area contributed by atoms with Crippen molar-refractivity contribution in [2.45, 2.75) is 107 Å². The second-order valence-electron chi connectivity index (χ2n) is 19.6. The van der Waals surface area contributed by atoms with Gasteiger partial charge in [-0.1, -0.05) is 153 Å². The maximum absolute atomic E-state index is 6.19. The Hall–Kier alpha value is -4.38. The molecule has 3 nitrogen and oxygen atoms in total. The van der Waals surface area contributed by atoms with Crippen LogP contribution in [0, 0.1) is 30.6 Å². The molecule has 11 unspecified atom stereocenters. The Morgan fingerprint density at radius 2 is 1.05 bits per heavy atom. The van der Waals surface area contributed by atoms with Crippen LogP contribution in [0.1, 0.15) is 75.0 Å². The number of nitrogens with zero attached hydrogens (tertiary/aromatic N) is 2. The number of para-hydroxylation sites is 3. The number of hydrogen-bond donors (Lipinski definition) is 0. The van der Waals surface area contributed by atoms with Crippen LogP contribution in [0.4, 0.5) is 22.7 Å². The van der Waals surface area contributed by atoms with E-state index in [2.05, 4.69) is 196 Å². The normalized spacial score (nSPS) is 30.8. The third kappa shape index (κ3) is 6.24. The maximum atomic E-state index is 6.19. The first-order valence-electron chi connectivity index (χ1n) is 22.5. The molecule has 58 heavy (non-hydrogen) atoms. The topological polar surface area (TPSA) is 15.7 Å². The molecular weight excluding hydrogens is 721 g/mol. The minimum atomic E-state index is -2.24. The fourth-order valence-corrected chi connectivity index (χ4v) is 20.3. The minimum absolute atomic E-state index is 0.0741. The molecule has 298 valence electrons. The molecule has 6 aliphatic rings. The largest absolute Gasteiger partial charge is 0.376 e. The first-order chi connectivity index (χ1) is 28.2. The molecule has 0 N–H and O–H groups in total. The molecule has 2 aliphatic heterocycles. The number of ether oxygens (including phenoxy) is 1. The number of allylic oxidation sites excluding steroid dienone is 6. The van der Waals surface area contributed by atoms with Crippen molar-refractivity contribution in [1.29, 1.82) is 0 Å². The van der Waals surface area contributed by atoms with E-state index in [0.29, 0.717) is 58.7 Å². The van der Waals surface area contributed by atoms with Crippen LogP contribution in [-0.2, 0) is 4.74 Å². The second-order valence-corrected chi connectivity index (χ2v) is 24.4. The average Bonchev–Trinajstić information content (AvgIpc) is 3.96. The van der Waals surface area contributed by atoms with E-state index < -0.39 is 8.07 Å². The summed E-state index contributed by atoms with van der Waals surface area (Å²) in [6.07, 6.45) is 25.1. The van der Waals surface area contributed by atoms with Crippen molar-refractivity contribution in [1.82, 2.24) is 0 Å². The summed E-state index contributed by atoms with van der Waals surface area (Å²) in [6, 6.07) is 41.9. The number of benzene rings is 4. The van der Waals surface area contributed by atoms with E-state index in [1.165, 1.54) is 53.6 Å². The number of unbranched alkanes of at least 4 members (excludes halogenated alkanes) is 3. The lowest BCUT2D eigenvalue weighted by atomic mass is 9.88. The second kappa shape index (κ2) is 15.0. The van der Waals surface area contributed by atoms with Crippen LogP contribution in [0.5, 0.6) is 0 Å². The summed E-state index contributed by atoms with van der Waals surface area (Å²) in [6.45, 7) is 12.7. The lowest BCUT2D eigenvalue weighted by Crippen LogP contribution is -2.48. The Kier molecular flexibility index (Phi) is 9.80. The molecular formula is C54H62N2OSi. The quantitative estimate of drug-likeness (QED) is 0.111. The van der Waals surface area contributed by atoms with Crippen molar-refractivity contribution in [3.05, 3.63) is 168 Å². The van der Waals surface area contributed by atoms with Crippen LogP contribution in [0.25, 0.3) is 0 Å². The van der Waals surface area contributed by atoms with Crippen molar-refractivity contribution in [2.75, 3.05) is 16.4 Å². The van der Waals surface area contributed by atoms with Crippen LogP contribution >= 0.6 is 0 Å². The summed E-state index contributed by atoms with van der Waals surface area (Å²) in [5.74, 6) is 2.97. The van der Waals surface area contributed by atoms with Gasteiger partial charge in [-0.25, -0.2) is 0 Å². The summed E-state index contributed by atoms with van der Waals surface area (Å²) in [5.41, 5.74) is 11.3. The van der Waals surface area contributed by atoms with Crippen LogP contribution in [0.2, 0.25) is 23.7 Å². The highest BCUT2D eigenvalue weighted by molar-refractivity contribution is 6.82. The Morgan fingerprint density at radius 3 is 1.64 bits per heavy atom. The number of hydrogen-bond acceptors (Lipinski definition) is 3. The van der Waals surface area contributed by atoms with E-state index in [4.69, 9.17) is 4.74 Å². The van der Waals surface area contributed by atoms with E-state index in [-0.39, 0.29) is 5.60 Å². The monoisotopic (exact) mass is 782 g/mol. The number of fused-ring (bicyclic) bond motifs is 10. The summed E-state index contributed by atoms with van der Waals surface area (Å²) in [4.78, 5) is 5.57. The number of rotatable bonds is 11. The van der Waals surface area contributed by atoms with E-state index >= 15 is 0 Å². The SMILES string of the molecule is Cc1ccc2c(c1)C1C(C3C=CC=CC3C1[Si](C)(CCCCCCOC(C)(C)C)C1C3C=CC=CC3C3C1c1ccccc1N3c1ccccc1)N2c1ccccc1. The van der Waals surface area contributed by atoms with Crippen molar-refractivity contribution >= 4 is 30.8 Å². The average molecular weight is 783 g/mol. The van der Waals surface area contributed by atoms with Gasteiger partial charge in [0.05, 0.1) is 13.7 Å². The Labute approximate surface area is 349 Å². The van der Waals surface area contributed by atoms with Crippen LogP contribution < -0.4 is 9.80 Å². The van der Waals surface area contributed by atoms with Gasteiger partial charge in [0.2, 0.25) is 0 Å². The van der Waals surface area contributed by atoms with Crippen molar-refractivity contribution in [3.63, 3.8) is 0 Å². The van der Waals surface area contributed by atoms with Gasteiger partial charge in [0.25, 0.3) is 0 Å². The molecule has 4 aliphatic carbocycles. The minimum Gasteiger partial charge on any atom is -0.376 e. The van der Waals surface area contributed by atoms with E-state index in [1.807, 2.05) is 0 Å². The summed E-state index contributed by atoms with van der Waals surface area (Å²) in [5, 5.41) is 0. The fourth-order valence-electron chi connectivity index (χ4n) is 13.4. The molecule has 0 spiro atoms. The molecule has 2 saturated carbocycles. The van der Waals surface area contributed by atoms with Gasteiger partial charge in [-0.05, 0) is 105 Å². The Morgan fingerprint density at radius 1 is 0.552 bits per heavy atom. The molecule has 0 amide bonds. The first kappa shape index (κ1) is 37.9. The van der Waals surface area contributed by atoms with E-state index in [0.717, 1.165) is 13.0 Å². The lowest BCUT2D eigenvalue weighted by molar-refractivity contribution is -0.00471. The molecule has 10 rings (SSSR count). The summed E-state index contributed by atoms with van der Waals surface area (Å²) in [7, 11) is -2.24. The van der Waals surface area contributed by atoms with Gasteiger partial charge >= 0.3 is 0 Å². The molecule has 2 fully saturated rings. The molecule has 11 atom stereocenters. The standard InChI is InChI=1S/C54H62N2OSi/c1-37-32-33-47-45(36-37)49-51(56(47)39-24-12-9-13-25-39)41-27-15-17-29-43(41)53(49)58(5,35-21-7-6-20-34-57-54(2,3)4)52-42-28-16-14-26-40(42)50-48(52)44-30-18-19-31-46(44)55(50)38-22-10-8-11-23-38/h8-19,22-33,36,40-43,48-53H,6-7,20-21,34-35H2,1-5H3. The molecule has 0 bridgehead atoms. The zero-order valence-electron chi connectivity index (χ0n) is 35.3. The third-order valence-corrected chi connectivity index (χ3v) is 21.2. The zero-order valence-corrected chi connectivity index (χ0v) is 36.3. The van der Waals surface area contributed by atoms with E-state index in [9.17, 15) is 0 Å². The predicted octanol–water partition coefficient (Wildman–Crippen LogP) is 13.8. The van der Waals surface area contributed by atoms with Crippen LogP contribution in [0.15, 0.2) is 152 Å². The van der Waals surface area contributed by atoms with Crippen molar-refractivity contribution in [2.24, 2.45) is 23.7 Å². The molecule has 0 aromatic heterocycles. The molecule has 4 heteroatoms. The molecule has 0 saturated heterocycles. The molecule has 4 aromatic rings. The van der Waals surface area contributed by atoms with Crippen LogP contribution in [-0.4, -0.2) is 32.4 Å².